The van der Waals surface area contributed by atoms with Crippen LogP contribution in [0.1, 0.15) is 43.7 Å². The molecule has 1 aliphatic heterocycles. The molecule has 2 fully saturated rings. The summed E-state index contributed by atoms with van der Waals surface area (Å²) in [6.45, 7) is 3.55. The first-order valence-corrected chi connectivity index (χ1v) is 9.36. The van der Waals surface area contributed by atoms with E-state index in [0.29, 0.717) is 11.7 Å². The smallest absolute Gasteiger partial charge is 0.496 e. The predicted octanol–water partition coefficient (Wildman–Crippen LogP) is 4.12. The van der Waals surface area contributed by atoms with Crippen molar-refractivity contribution >= 4 is 0 Å². The van der Waals surface area contributed by atoms with Crippen LogP contribution in [0.5, 0.6) is 11.5 Å². The topological polar surface area (TPSA) is 33.7 Å². The lowest BCUT2D eigenvalue weighted by molar-refractivity contribution is -0.274. The molecule has 1 saturated carbocycles. The second-order valence-corrected chi connectivity index (χ2v) is 7.08. The van der Waals surface area contributed by atoms with Gasteiger partial charge in [-0.15, -0.1) is 13.2 Å². The van der Waals surface area contributed by atoms with Crippen LogP contribution < -0.4 is 14.8 Å². The molecule has 1 N–H and O–H groups in total. The second-order valence-electron chi connectivity index (χ2n) is 7.08. The van der Waals surface area contributed by atoms with Gasteiger partial charge >= 0.3 is 6.36 Å². The van der Waals surface area contributed by atoms with Gasteiger partial charge in [-0.05, 0) is 37.0 Å². The number of ether oxygens (including phenoxy) is 2. The van der Waals surface area contributed by atoms with Gasteiger partial charge in [0.05, 0.1) is 7.11 Å². The van der Waals surface area contributed by atoms with E-state index in [0.717, 1.165) is 44.6 Å². The summed E-state index contributed by atoms with van der Waals surface area (Å²) in [4.78, 5) is 2.39. The van der Waals surface area contributed by atoms with Crippen molar-refractivity contribution in [2.24, 2.45) is 5.92 Å². The first kappa shape index (κ1) is 19.3. The summed E-state index contributed by atoms with van der Waals surface area (Å²) >= 11 is 0. The van der Waals surface area contributed by atoms with Crippen LogP contribution in [0.3, 0.4) is 0 Å². The molecule has 146 valence electrons. The highest BCUT2D eigenvalue weighted by molar-refractivity contribution is 5.43. The van der Waals surface area contributed by atoms with Gasteiger partial charge in [-0.25, -0.2) is 0 Å². The molecule has 0 aromatic heterocycles. The Morgan fingerprint density at radius 1 is 1.12 bits per heavy atom. The molecule has 0 spiro atoms. The van der Waals surface area contributed by atoms with Crippen molar-refractivity contribution < 1.29 is 22.6 Å². The molecular formula is C19H27F3N2O2. The van der Waals surface area contributed by atoms with Gasteiger partial charge in [0.25, 0.3) is 0 Å². The van der Waals surface area contributed by atoms with Crippen LogP contribution in [-0.4, -0.2) is 44.6 Å². The summed E-state index contributed by atoms with van der Waals surface area (Å²) in [5.74, 6) is 0.884. The molecule has 1 saturated heterocycles. The zero-order chi connectivity index (χ0) is 18.6. The highest BCUT2D eigenvalue weighted by atomic mass is 19.4. The molecule has 0 amide bonds. The van der Waals surface area contributed by atoms with Crippen LogP contribution in [0.4, 0.5) is 13.2 Å². The van der Waals surface area contributed by atoms with Gasteiger partial charge in [-0.2, -0.15) is 0 Å². The van der Waals surface area contributed by atoms with Crippen LogP contribution in [-0.2, 0) is 0 Å². The van der Waals surface area contributed by atoms with Crippen molar-refractivity contribution in [3.63, 3.8) is 0 Å². The molecule has 0 bridgehead atoms. The third-order valence-corrected chi connectivity index (χ3v) is 5.39. The first-order valence-electron chi connectivity index (χ1n) is 9.36. The van der Waals surface area contributed by atoms with Gasteiger partial charge in [0.2, 0.25) is 0 Å². The standard InChI is InChI=1S/C19H27F3N2O2/c1-25-17-8-7-15(26-19(20,21)22)13-16(17)18(14-5-3-2-4-6-14)24-11-9-23-10-12-24/h7-8,13-14,18,23H,2-6,9-12H2,1H3/t18-/m0/s1. The summed E-state index contributed by atoms with van der Waals surface area (Å²) < 4.78 is 47.8. The predicted molar refractivity (Wildman–Crippen MR) is 93.4 cm³/mol. The van der Waals surface area contributed by atoms with Gasteiger partial charge < -0.3 is 14.8 Å². The highest BCUT2D eigenvalue weighted by Gasteiger charge is 2.35. The van der Waals surface area contributed by atoms with E-state index in [1.54, 1.807) is 13.2 Å². The van der Waals surface area contributed by atoms with E-state index in [1.165, 1.54) is 31.4 Å². The van der Waals surface area contributed by atoms with E-state index >= 15 is 0 Å². The van der Waals surface area contributed by atoms with Crippen molar-refractivity contribution in [3.8, 4) is 11.5 Å². The fourth-order valence-corrected chi connectivity index (χ4v) is 4.30. The number of rotatable bonds is 5. The number of benzene rings is 1. The molecule has 3 rings (SSSR count). The van der Waals surface area contributed by atoms with Crippen LogP contribution in [0.2, 0.25) is 0 Å². The summed E-state index contributed by atoms with van der Waals surface area (Å²) in [6, 6.07) is 4.50. The van der Waals surface area contributed by atoms with E-state index in [-0.39, 0.29) is 11.8 Å². The minimum atomic E-state index is -4.69. The molecule has 1 aromatic rings. The van der Waals surface area contributed by atoms with E-state index in [9.17, 15) is 13.2 Å². The molecule has 0 radical (unpaired) electrons. The largest absolute Gasteiger partial charge is 0.573 e. The maximum atomic E-state index is 12.7. The molecule has 0 unspecified atom stereocenters. The fraction of sp³-hybridized carbons (Fsp3) is 0.684. The van der Waals surface area contributed by atoms with Crippen molar-refractivity contribution in [2.75, 3.05) is 33.3 Å². The van der Waals surface area contributed by atoms with Crippen molar-refractivity contribution in [2.45, 2.75) is 44.5 Å². The molecule has 1 aromatic carbocycles. The molecule has 7 heteroatoms. The van der Waals surface area contributed by atoms with Crippen molar-refractivity contribution in [1.82, 2.24) is 10.2 Å². The SMILES string of the molecule is COc1ccc(OC(F)(F)F)cc1[C@H](C1CCCCC1)N1CCNCC1. The Balaban J connectivity index is 1.96. The van der Waals surface area contributed by atoms with E-state index in [4.69, 9.17) is 4.74 Å². The second kappa shape index (κ2) is 8.48. The highest BCUT2D eigenvalue weighted by Crippen LogP contribution is 2.43. The monoisotopic (exact) mass is 372 g/mol. The summed E-state index contributed by atoms with van der Waals surface area (Å²) in [6.07, 6.45) is 1.09. The number of hydrogen-bond donors (Lipinski definition) is 1. The van der Waals surface area contributed by atoms with Crippen LogP contribution in [0.15, 0.2) is 18.2 Å². The molecular weight excluding hydrogens is 345 g/mol. The van der Waals surface area contributed by atoms with Gasteiger partial charge in [0.1, 0.15) is 11.5 Å². The molecule has 2 aliphatic rings. The Bertz CT molecular complexity index is 565. The first-order chi connectivity index (χ1) is 12.5. The third-order valence-electron chi connectivity index (χ3n) is 5.39. The number of nitrogens with zero attached hydrogens (tertiary/aromatic N) is 1. The molecule has 1 heterocycles. The van der Waals surface area contributed by atoms with E-state index in [1.807, 2.05) is 0 Å². The Morgan fingerprint density at radius 3 is 2.42 bits per heavy atom. The minimum Gasteiger partial charge on any atom is -0.496 e. The summed E-state index contributed by atoms with van der Waals surface area (Å²) in [7, 11) is 1.57. The third kappa shape index (κ3) is 4.82. The number of hydrogen-bond acceptors (Lipinski definition) is 4. The molecule has 26 heavy (non-hydrogen) atoms. The lowest BCUT2D eigenvalue weighted by atomic mass is 9.79. The minimum absolute atomic E-state index is 0.0594. The van der Waals surface area contributed by atoms with Gasteiger partial charge in [-0.3, -0.25) is 4.90 Å². The quantitative estimate of drug-likeness (QED) is 0.843. The molecule has 1 aliphatic carbocycles. The van der Waals surface area contributed by atoms with Gasteiger partial charge in [0.15, 0.2) is 0 Å². The van der Waals surface area contributed by atoms with Gasteiger partial charge in [0, 0.05) is 37.8 Å². The lowest BCUT2D eigenvalue weighted by Crippen LogP contribution is -2.47. The van der Waals surface area contributed by atoms with Crippen LogP contribution >= 0.6 is 0 Å². The Labute approximate surface area is 152 Å². The van der Waals surface area contributed by atoms with Crippen molar-refractivity contribution in [1.29, 1.82) is 0 Å². The fourth-order valence-electron chi connectivity index (χ4n) is 4.30. The maximum absolute atomic E-state index is 12.7. The zero-order valence-electron chi connectivity index (χ0n) is 15.1. The molecule has 4 nitrogen and oxygen atoms in total. The average Bonchev–Trinajstić information content (AvgIpc) is 2.63. The van der Waals surface area contributed by atoms with Gasteiger partial charge in [-0.1, -0.05) is 19.3 Å². The number of methoxy groups -OCH3 is 1. The number of nitrogens with one attached hydrogen (secondary N) is 1. The summed E-state index contributed by atoms with van der Waals surface area (Å²) in [5, 5.41) is 3.35. The Morgan fingerprint density at radius 2 is 1.81 bits per heavy atom. The maximum Gasteiger partial charge on any atom is 0.573 e. The van der Waals surface area contributed by atoms with Crippen LogP contribution in [0.25, 0.3) is 0 Å². The number of piperazine rings is 1. The van der Waals surface area contributed by atoms with Crippen LogP contribution in [0, 0.1) is 5.92 Å². The number of alkyl halides is 3. The average molecular weight is 372 g/mol. The normalized spacial score (nSPS) is 21.4. The zero-order valence-corrected chi connectivity index (χ0v) is 15.1. The molecule has 1 atom stereocenters. The Kier molecular flexibility index (Phi) is 6.29. The van der Waals surface area contributed by atoms with E-state index < -0.39 is 6.36 Å². The lowest BCUT2D eigenvalue weighted by Gasteiger charge is -2.41. The summed E-state index contributed by atoms with van der Waals surface area (Å²) in [5.41, 5.74) is 0.808. The Hall–Kier alpha value is -1.47. The van der Waals surface area contributed by atoms with Crippen molar-refractivity contribution in [3.05, 3.63) is 23.8 Å². The van der Waals surface area contributed by atoms with E-state index in [2.05, 4.69) is 15.0 Å². The number of halogens is 3.